The predicted molar refractivity (Wildman–Crippen MR) is 45.1 cm³/mol. The van der Waals surface area contributed by atoms with E-state index in [1.165, 1.54) is 0 Å². The number of nitrogens with zero attached hydrogens (tertiary/aromatic N) is 1. The lowest BCUT2D eigenvalue weighted by atomic mass is 10.1. The Labute approximate surface area is 70.2 Å². The molecule has 0 aliphatic heterocycles. The summed E-state index contributed by atoms with van der Waals surface area (Å²) in [6.07, 6.45) is 0. The Bertz CT molecular complexity index is 244. The van der Waals surface area contributed by atoms with Gasteiger partial charge < -0.3 is 0 Å². The highest BCUT2D eigenvalue weighted by Gasteiger charge is 2.22. The van der Waals surface area contributed by atoms with Gasteiger partial charge in [-0.3, -0.25) is 4.84 Å². The van der Waals surface area contributed by atoms with Crippen molar-refractivity contribution in [1.29, 1.82) is 0 Å². The van der Waals surface area contributed by atoms with Crippen molar-refractivity contribution in [3.63, 3.8) is 0 Å². The molecule has 0 fully saturated rings. The van der Waals surface area contributed by atoms with Crippen LogP contribution in [0, 0.1) is 6.92 Å². The Balaban J connectivity index is 2.92. The molecule has 1 aromatic rings. The van der Waals surface area contributed by atoms with Gasteiger partial charge in [0.15, 0.2) is 0 Å². The summed E-state index contributed by atoms with van der Waals surface area (Å²) in [5.41, 5.74) is 0.424. The minimum absolute atomic E-state index is 0.468. The largest absolute Gasteiger partial charge is 0.292 e. The van der Waals surface area contributed by atoms with E-state index in [1.807, 2.05) is 26.2 Å². The molecule has 1 aromatic heterocycles. The van der Waals surface area contributed by atoms with E-state index in [-0.39, 0.29) is 0 Å². The molecule has 0 saturated carbocycles. The van der Waals surface area contributed by atoms with Crippen molar-refractivity contribution in [2.24, 2.45) is 5.90 Å². The first-order valence-electron chi connectivity index (χ1n) is 3.37. The van der Waals surface area contributed by atoms with E-state index in [9.17, 15) is 0 Å². The summed E-state index contributed by atoms with van der Waals surface area (Å²) in [7, 11) is 0. The lowest BCUT2D eigenvalue weighted by Crippen LogP contribution is -2.25. The van der Waals surface area contributed by atoms with Crippen LogP contribution in [0.1, 0.15) is 24.5 Å². The Morgan fingerprint density at radius 3 is 2.64 bits per heavy atom. The fraction of sp³-hybridized carbons (Fsp3) is 0.571. The summed E-state index contributed by atoms with van der Waals surface area (Å²) in [5, 5.41) is 2.99. The van der Waals surface area contributed by atoms with E-state index in [0.29, 0.717) is 0 Å². The van der Waals surface area contributed by atoms with Gasteiger partial charge >= 0.3 is 0 Å². The van der Waals surface area contributed by atoms with Crippen LogP contribution in [0.2, 0.25) is 0 Å². The number of rotatable bonds is 2. The number of nitrogens with two attached hydrogens (primary N) is 1. The minimum atomic E-state index is -0.468. The molecule has 0 saturated heterocycles. The molecule has 1 heterocycles. The van der Waals surface area contributed by atoms with Gasteiger partial charge in [0.2, 0.25) is 0 Å². The maximum Gasteiger partial charge on any atom is 0.126 e. The van der Waals surface area contributed by atoms with Crippen molar-refractivity contribution >= 4 is 11.3 Å². The second-order valence-electron chi connectivity index (χ2n) is 2.88. The summed E-state index contributed by atoms with van der Waals surface area (Å²) < 4.78 is 0. The Hall–Kier alpha value is -0.450. The molecule has 0 aliphatic carbocycles. The van der Waals surface area contributed by atoms with Gasteiger partial charge in [0, 0.05) is 5.38 Å². The first kappa shape index (κ1) is 8.64. The predicted octanol–water partition coefficient (Wildman–Crippen LogP) is 1.58. The monoisotopic (exact) mass is 172 g/mol. The van der Waals surface area contributed by atoms with Gasteiger partial charge in [0.25, 0.3) is 0 Å². The summed E-state index contributed by atoms with van der Waals surface area (Å²) in [6, 6.07) is 0. The third-order valence-electron chi connectivity index (χ3n) is 1.53. The van der Waals surface area contributed by atoms with E-state index in [1.54, 1.807) is 11.3 Å². The number of hydrogen-bond acceptors (Lipinski definition) is 4. The Morgan fingerprint density at radius 2 is 2.27 bits per heavy atom. The molecule has 3 nitrogen and oxygen atoms in total. The number of thiazole rings is 1. The van der Waals surface area contributed by atoms with Crippen LogP contribution in [0.5, 0.6) is 0 Å². The molecule has 0 spiro atoms. The first-order valence-corrected chi connectivity index (χ1v) is 4.25. The lowest BCUT2D eigenvalue weighted by Gasteiger charge is -2.18. The molecule has 0 aromatic carbocycles. The van der Waals surface area contributed by atoms with Crippen molar-refractivity contribution in [1.82, 2.24) is 4.98 Å². The third-order valence-corrected chi connectivity index (χ3v) is 2.30. The van der Waals surface area contributed by atoms with E-state index < -0.39 is 5.60 Å². The van der Waals surface area contributed by atoms with E-state index in [0.717, 1.165) is 10.7 Å². The molecule has 62 valence electrons. The molecule has 0 atom stereocenters. The molecule has 0 bridgehead atoms. The average Bonchev–Trinajstić information content (AvgIpc) is 2.36. The van der Waals surface area contributed by atoms with Crippen molar-refractivity contribution in [2.75, 3.05) is 0 Å². The molecule has 0 amide bonds. The zero-order chi connectivity index (χ0) is 8.48. The van der Waals surface area contributed by atoms with Crippen LogP contribution in [0.25, 0.3) is 0 Å². The van der Waals surface area contributed by atoms with Gasteiger partial charge in [-0.05, 0) is 20.8 Å². The topological polar surface area (TPSA) is 48.1 Å². The van der Waals surface area contributed by atoms with Crippen LogP contribution in [0.3, 0.4) is 0 Å². The summed E-state index contributed by atoms with van der Waals surface area (Å²) >= 11 is 1.60. The summed E-state index contributed by atoms with van der Waals surface area (Å²) in [4.78, 5) is 9.05. The maximum absolute atomic E-state index is 5.11. The van der Waals surface area contributed by atoms with E-state index >= 15 is 0 Å². The van der Waals surface area contributed by atoms with Gasteiger partial charge in [-0.2, -0.15) is 0 Å². The van der Waals surface area contributed by atoms with Gasteiger partial charge in [-0.15, -0.1) is 11.3 Å². The van der Waals surface area contributed by atoms with Crippen LogP contribution >= 0.6 is 11.3 Å². The number of hydrogen-bond donors (Lipinski definition) is 1. The Morgan fingerprint density at radius 1 is 1.64 bits per heavy atom. The number of aromatic nitrogens is 1. The average molecular weight is 172 g/mol. The molecular formula is C7H12N2OS. The van der Waals surface area contributed by atoms with E-state index in [4.69, 9.17) is 10.7 Å². The zero-order valence-electron chi connectivity index (χ0n) is 6.92. The highest BCUT2D eigenvalue weighted by Crippen LogP contribution is 2.23. The van der Waals surface area contributed by atoms with Crippen LogP contribution in [0.4, 0.5) is 0 Å². The fourth-order valence-corrected chi connectivity index (χ4v) is 1.47. The molecule has 2 N–H and O–H groups in total. The summed E-state index contributed by atoms with van der Waals surface area (Å²) in [5.74, 6) is 5.11. The van der Waals surface area contributed by atoms with Crippen molar-refractivity contribution in [3.05, 3.63) is 16.1 Å². The normalized spacial score (nSPS) is 12.0. The van der Waals surface area contributed by atoms with Gasteiger partial charge in [-0.1, -0.05) is 0 Å². The second kappa shape index (κ2) is 2.89. The molecule has 4 heteroatoms. The smallest absolute Gasteiger partial charge is 0.126 e. The van der Waals surface area contributed by atoms with Gasteiger partial charge in [0.05, 0.1) is 10.7 Å². The quantitative estimate of drug-likeness (QED) is 0.689. The third kappa shape index (κ3) is 1.77. The molecule has 1 rings (SSSR count). The van der Waals surface area contributed by atoms with Gasteiger partial charge in [-0.25, -0.2) is 10.9 Å². The minimum Gasteiger partial charge on any atom is -0.292 e. The number of aryl methyl sites for hydroxylation is 1. The van der Waals surface area contributed by atoms with Crippen LogP contribution in [-0.4, -0.2) is 4.98 Å². The van der Waals surface area contributed by atoms with Crippen molar-refractivity contribution in [2.45, 2.75) is 26.4 Å². The van der Waals surface area contributed by atoms with E-state index in [2.05, 4.69) is 4.98 Å². The summed E-state index contributed by atoms with van der Waals surface area (Å²) in [6.45, 7) is 5.74. The molecule has 11 heavy (non-hydrogen) atoms. The zero-order valence-corrected chi connectivity index (χ0v) is 7.73. The van der Waals surface area contributed by atoms with Crippen LogP contribution in [0.15, 0.2) is 5.38 Å². The molecule has 0 radical (unpaired) electrons. The highest BCUT2D eigenvalue weighted by atomic mass is 32.1. The molecule has 0 aliphatic rings. The lowest BCUT2D eigenvalue weighted by molar-refractivity contribution is -0.0264. The molecule has 0 unspecified atom stereocenters. The standard InChI is InChI=1S/C7H12N2OS/c1-5-9-6(4-11-5)7(2,3)10-8/h4H,8H2,1-3H3. The van der Waals surface area contributed by atoms with Crippen LogP contribution in [-0.2, 0) is 10.4 Å². The van der Waals surface area contributed by atoms with Crippen molar-refractivity contribution in [3.8, 4) is 0 Å². The molecular weight excluding hydrogens is 160 g/mol. The van der Waals surface area contributed by atoms with Crippen LogP contribution < -0.4 is 5.90 Å². The maximum atomic E-state index is 5.11. The first-order chi connectivity index (χ1) is 5.06. The van der Waals surface area contributed by atoms with Gasteiger partial charge in [0.1, 0.15) is 5.60 Å². The van der Waals surface area contributed by atoms with Crippen molar-refractivity contribution < 1.29 is 4.84 Å². The highest BCUT2D eigenvalue weighted by molar-refractivity contribution is 7.09. The fourth-order valence-electron chi connectivity index (χ4n) is 0.700. The second-order valence-corrected chi connectivity index (χ2v) is 3.94. The SMILES string of the molecule is Cc1nc(C(C)(C)ON)cs1. The Kier molecular flexibility index (Phi) is 2.27.